The highest BCUT2D eigenvalue weighted by molar-refractivity contribution is 5.81. The maximum atomic E-state index is 12.8. The third-order valence-electron chi connectivity index (χ3n) is 5.39. The van der Waals surface area contributed by atoms with Gasteiger partial charge in [-0.05, 0) is 35.7 Å². The van der Waals surface area contributed by atoms with Crippen LogP contribution in [-0.2, 0) is 14.3 Å². The van der Waals surface area contributed by atoms with Crippen LogP contribution in [0, 0.1) is 0 Å². The lowest BCUT2D eigenvalue weighted by atomic mass is 9.98. The number of hydrogen-bond donors (Lipinski definition) is 0. The lowest BCUT2D eigenvalue weighted by molar-refractivity contribution is -0.143. The van der Waals surface area contributed by atoms with Gasteiger partial charge in [0.05, 0.1) is 18.7 Å². The van der Waals surface area contributed by atoms with Crippen molar-refractivity contribution in [3.05, 3.63) is 102 Å². The van der Waals surface area contributed by atoms with E-state index in [1.165, 1.54) is 6.92 Å². The van der Waals surface area contributed by atoms with Crippen LogP contribution >= 0.6 is 0 Å². The van der Waals surface area contributed by atoms with Crippen LogP contribution in [0.15, 0.2) is 84.9 Å². The van der Waals surface area contributed by atoms with Crippen molar-refractivity contribution in [1.82, 2.24) is 4.90 Å². The number of rotatable bonds is 7. The summed E-state index contributed by atoms with van der Waals surface area (Å²) in [5.41, 5.74) is 3.20. The highest BCUT2D eigenvalue weighted by Crippen LogP contribution is 2.52. The SMILES string of the molecule is CCOC(=O)[C@@H]1[C@H](c2ccc(OC(C)=O)cc2)N1C(c1ccccc1)c1ccccc1. The van der Waals surface area contributed by atoms with Crippen LogP contribution in [0.5, 0.6) is 5.75 Å². The molecule has 1 heterocycles. The molecule has 0 aromatic heterocycles. The Morgan fingerprint density at radius 2 is 1.42 bits per heavy atom. The molecule has 0 amide bonds. The molecular formula is C26H25NO4. The molecule has 3 aromatic rings. The molecule has 0 N–H and O–H groups in total. The Morgan fingerprint density at radius 3 is 1.90 bits per heavy atom. The Morgan fingerprint density at radius 1 is 0.871 bits per heavy atom. The van der Waals surface area contributed by atoms with Crippen molar-refractivity contribution in [1.29, 1.82) is 0 Å². The number of carbonyl (C=O) groups is 2. The van der Waals surface area contributed by atoms with E-state index in [0.29, 0.717) is 12.4 Å². The Hall–Kier alpha value is -3.44. The third-order valence-corrected chi connectivity index (χ3v) is 5.39. The van der Waals surface area contributed by atoms with Crippen LogP contribution in [0.3, 0.4) is 0 Å². The molecule has 5 nitrogen and oxygen atoms in total. The summed E-state index contributed by atoms with van der Waals surface area (Å²) >= 11 is 0. The molecule has 1 fully saturated rings. The minimum absolute atomic E-state index is 0.0880. The number of carbonyl (C=O) groups excluding carboxylic acids is 2. The molecule has 0 bridgehead atoms. The van der Waals surface area contributed by atoms with Gasteiger partial charge in [0, 0.05) is 6.92 Å². The molecule has 1 aliphatic heterocycles. The molecule has 3 atom stereocenters. The van der Waals surface area contributed by atoms with Crippen molar-refractivity contribution in [3.63, 3.8) is 0 Å². The van der Waals surface area contributed by atoms with Gasteiger partial charge in [-0.3, -0.25) is 14.5 Å². The standard InChI is InChI=1S/C26H25NO4/c1-3-30-26(29)25-24(21-14-16-22(17-15-21)31-18(2)28)27(25)23(19-10-6-4-7-11-19)20-12-8-5-9-13-20/h4-17,23-25H,3H2,1-2H3/t24-,25-,27?/m0/s1. The van der Waals surface area contributed by atoms with Crippen LogP contribution in [0.4, 0.5) is 0 Å². The molecule has 158 valence electrons. The van der Waals surface area contributed by atoms with Crippen LogP contribution in [0.25, 0.3) is 0 Å². The molecule has 5 heteroatoms. The molecule has 1 unspecified atom stereocenters. The molecule has 1 aliphatic rings. The summed E-state index contributed by atoms with van der Waals surface area (Å²) < 4.78 is 10.5. The monoisotopic (exact) mass is 415 g/mol. The summed E-state index contributed by atoms with van der Waals surface area (Å²) in [4.78, 5) is 26.3. The lowest BCUT2D eigenvalue weighted by Gasteiger charge is -2.21. The van der Waals surface area contributed by atoms with Crippen molar-refractivity contribution in [2.45, 2.75) is 32.0 Å². The Bertz CT molecular complexity index is 995. The zero-order valence-corrected chi connectivity index (χ0v) is 17.6. The third kappa shape index (κ3) is 4.52. The van der Waals surface area contributed by atoms with Gasteiger partial charge in [0.2, 0.25) is 0 Å². The van der Waals surface area contributed by atoms with Gasteiger partial charge >= 0.3 is 11.9 Å². The molecule has 0 radical (unpaired) electrons. The number of benzene rings is 3. The fourth-order valence-electron chi connectivity index (χ4n) is 4.11. The van der Waals surface area contributed by atoms with E-state index in [0.717, 1.165) is 16.7 Å². The maximum absolute atomic E-state index is 12.8. The van der Waals surface area contributed by atoms with Crippen molar-refractivity contribution in [2.24, 2.45) is 0 Å². The summed E-state index contributed by atoms with van der Waals surface area (Å²) in [6, 6.07) is 27.1. The van der Waals surface area contributed by atoms with Gasteiger partial charge in [-0.15, -0.1) is 0 Å². The topological polar surface area (TPSA) is 55.6 Å². The molecule has 1 saturated heterocycles. The minimum Gasteiger partial charge on any atom is -0.465 e. The minimum atomic E-state index is -0.384. The quantitative estimate of drug-likeness (QED) is 0.318. The summed E-state index contributed by atoms with van der Waals surface area (Å²) in [5, 5.41) is 0. The van der Waals surface area contributed by atoms with E-state index < -0.39 is 0 Å². The van der Waals surface area contributed by atoms with E-state index in [4.69, 9.17) is 9.47 Å². The fraction of sp³-hybridized carbons (Fsp3) is 0.231. The van der Waals surface area contributed by atoms with Gasteiger partial charge in [-0.1, -0.05) is 72.8 Å². The van der Waals surface area contributed by atoms with Crippen LogP contribution in [-0.4, -0.2) is 29.5 Å². The zero-order chi connectivity index (χ0) is 21.8. The molecule has 0 spiro atoms. The lowest BCUT2D eigenvalue weighted by Crippen LogP contribution is -2.20. The van der Waals surface area contributed by atoms with Gasteiger partial charge in [0.1, 0.15) is 11.8 Å². The second-order valence-corrected chi connectivity index (χ2v) is 7.48. The predicted molar refractivity (Wildman–Crippen MR) is 117 cm³/mol. The van der Waals surface area contributed by atoms with Gasteiger partial charge in [0.25, 0.3) is 0 Å². The van der Waals surface area contributed by atoms with Gasteiger partial charge in [0.15, 0.2) is 0 Å². The Labute approximate surface area is 182 Å². The number of hydrogen-bond acceptors (Lipinski definition) is 5. The van der Waals surface area contributed by atoms with Crippen LogP contribution < -0.4 is 4.74 Å². The highest BCUT2D eigenvalue weighted by Gasteiger charge is 2.57. The Balaban J connectivity index is 1.71. The number of esters is 2. The van der Waals surface area contributed by atoms with Crippen molar-refractivity contribution >= 4 is 11.9 Å². The average Bonchev–Trinajstić information content (AvgIpc) is 3.51. The molecule has 0 aliphatic carbocycles. The normalized spacial score (nSPS) is 19.6. The van der Waals surface area contributed by atoms with Crippen molar-refractivity contribution in [3.8, 4) is 5.75 Å². The summed E-state index contributed by atoms with van der Waals surface area (Å²) in [6.45, 7) is 3.53. The number of nitrogens with zero attached hydrogens (tertiary/aromatic N) is 1. The van der Waals surface area contributed by atoms with Gasteiger partial charge < -0.3 is 9.47 Å². The summed E-state index contributed by atoms with van der Waals surface area (Å²) in [7, 11) is 0. The molecule has 3 aromatic carbocycles. The first-order valence-electron chi connectivity index (χ1n) is 10.4. The summed E-state index contributed by atoms with van der Waals surface area (Å²) in [5.74, 6) is -0.106. The smallest absolute Gasteiger partial charge is 0.325 e. The summed E-state index contributed by atoms with van der Waals surface area (Å²) in [6.07, 6.45) is 0. The first kappa shape index (κ1) is 20.8. The van der Waals surface area contributed by atoms with Crippen LogP contribution in [0.2, 0.25) is 0 Å². The van der Waals surface area contributed by atoms with E-state index in [9.17, 15) is 9.59 Å². The molecular weight excluding hydrogens is 390 g/mol. The highest BCUT2D eigenvalue weighted by atomic mass is 16.5. The largest absolute Gasteiger partial charge is 0.465 e. The second-order valence-electron chi connectivity index (χ2n) is 7.48. The molecule has 31 heavy (non-hydrogen) atoms. The first-order valence-corrected chi connectivity index (χ1v) is 10.4. The van der Waals surface area contributed by atoms with E-state index in [2.05, 4.69) is 29.2 Å². The Kier molecular flexibility index (Phi) is 6.14. The fourth-order valence-corrected chi connectivity index (χ4v) is 4.11. The second kappa shape index (κ2) is 9.14. The predicted octanol–water partition coefficient (Wildman–Crippen LogP) is 4.69. The first-order chi connectivity index (χ1) is 15.1. The molecule has 4 rings (SSSR count). The van der Waals surface area contributed by atoms with Gasteiger partial charge in [-0.2, -0.15) is 0 Å². The maximum Gasteiger partial charge on any atom is 0.325 e. The molecule has 0 saturated carbocycles. The van der Waals surface area contributed by atoms with Crippen molar-refractivity contribution < 1.29 is 19.1 Å². The van der Waals surface area contributed by atoms with E-state index in [-0.39, 0.29) is 30.1 Å². The van der Waals surface area contributed by atoms with Crippen molar-refractivity contribution in [2.75, 3.05) is 6.61 Å². The van der Waals surface area contributed by atoms with Gasteiger partial charge in [-0.25, -0.2) is 0 Å². The van der Waals surface area contributed by atoms with E-state index in [1.807, 2.05) is 55.5 Å². The number of ether oxygens (including phenoxy) is 2. The average molecular weight is 415 g/mol. The zero-order valence-electron chi connectivity index (χ0n) is 17.6. The van der Waals surface area contributed by atoms with E-state index >= 15 is 0 Å². The van der Waals surface area contributed by atoms with Crippen LogP contribution in [0.1, 0.15) is 42.6 Å². The van der Waals surface area contributed by atoms with E-state index in [1.54, 1.807) is 12.1 Å².